The predicted octanol–water partition coefficient (Wildman–Crippen LogP) is 1.13. The largest absolute Gasteiger partial charge is 0.465 e. The Labute approximate surface area is 78.9 Å². The summed E-state index contributed by atoms with van der Waals surface area (Å²) in [5, 5.41) is 12.1. The fourth-order valence-electron chi connectivity index (χ4n) is 1.66. The van der Waals surface area contributed by atoms with Gasteiger partial charge in [-0.05, 0) is 27.2 Å². The second-order valence-corrected chi connectivity index (χ2v) is 4.61. The number of hydrogen-bond acceptors (Lipinski definition) is 2. The summed E-state index contributed by atoms with van der Waals surface area (Å²) in [4.78, 5) is 12.1. The number of amides is 1. The van der Waals surface area contributed by atoms with E-state index < -0.39 is 6.09 Å². The SMILES string of the molecule is CC(C)(C)NC1CCN(C(=O)O)C1. The van der Waals surface area contributed by atoms with Crippen LogP contribution in [0.4, 0.5) is 4.79 Å². The molecule has 0 saturated carbocycles. The molecule has 0 spiro atoms. The van der Waals surface area contributed by atoms with E-state index in [9.17, 15) is 4.79 Å². The molecule has 1 fully saturated rings. The van der Waals surface area contributed by atoms with Crippen LogP contribution in [0, 0.1) is 0 Å². The third-order valence-electron chi connectivity index (χ3n) is 2.10. The maximum absolute atomic E-state index is 10.6. The molecule has 1 unspecified atom stereocenters. The molecule has 1 saturated heterocycles. The Kier molecular flexibility index (Phi) is 2.81. The number of nitrogens with one attached hydrogen (secondary N) is 1. The van der Waals surface area contributed by atoms with Gasteiger partial charge in [0, 0.05) is 24.7 Å². The van der Waals surface area contributed by atoms with E-state index in [1.54, 1.807) is 0 Å². The highest BCUT2D eigenvalue weighted by Gasteiger charge is 2.28. The first kappa shape index (κ1) is 10.3. The van der Waals surface area contributed by atoms with Crippen molar-refractivity contribution in [3.63, 3.8) is 0 Å². The summed E-state index contributed by atoms with van der Waals surface area (Å²) in [7, 11) is 0. The van der Waals surface area contributed by atoms with Gasteiger partial charge in [-0.15, -0.1) is 0 Å². The number of carbonyl (C=O) groups is 1. The van der Waals surface area contributed by atoms with Crippen LogP contribution >= 0.6 is 0 Å². The lowest BCUT2D eigenvalue weighted by molar-refractivity contribution is 0.154. The first-order valence-electron chi connectivity index (χ1n) is 4.64. The highest BCUT2D eigenvalue weighted by molar-refractivity contribution is 5.65. The van der Waals surface area contributed by atoms with Crippen LogP contribution in [0.5, 0.6) is 0 Å². The Hall–Kier alpha value is -0.770. The first-order valence-corrected chi connectivity index (χ1v) is 4.64. The Morgan fingerprint density at radius 1 is 1.54 bits per heavy atom. The second-order valence-electron chi connectivity index (χ2n) is 4.61. The minimum atomic E-state index is -0.807. The van der Waals surface area contributed by atoms with Crippen molar-refractivity contribution < 1.29 is 9.90 Å². The molecule has 0 aliphatic carbocycles. The summed E-state index contributed by atoms with van der Waals surface area (Å²) < 4.78 is 0. The summed E-state index contributed by atoms with van der Waals surface area (Å²) in [5.41, 5.74) is 0.0686. The van der Waals surface area contributed by atoms with Crippen LogP contribution in [-0.4, -0.2) is 40.8 Å². The fraction of sp³-hybridized carbons (Fsp3) is 0.889. The summed E-state index contributed by atoms with van der Waals surface area (Å²) in [6.45, 7) is 7.55. The van der Waals surface area contributed by atoms with E-state index in [4.69, 9.17) is 5.11 Å². The van der Waals surface area contributed by atoms with Gasteiger partial charge in [0.25, 0.3) is 0 Å². The number of nitrogens with zero attached hydrogens (tertiary/aromatic N) is 1. The smallest absolute Gasteiger partial charge is 0.407 e. The van der Waals surface area contributed by atoms with Crippen LogP contribution in [0.2, 0.25) is 0 Å². The van der Waals surface area contributed by atoms with Crippen LogP contribution in [-0.2, 0) is 0 Å². The lowest BCUT2D eigenvalue weighted by atomic mass is 10.1. The van der Waals surface area contributed by atoms with Crippen LogP contribution in [0.3, 0.4) is 0 Å². The molecule has 2 N–H and O–H groups in total. The van der Waals surface area contributed by atoms with Gasteiger partial charge in [-0.1, -0.05) is 0 Å². The van der Waals surface area contributed by atoms with Gasteiger partial charge in [-0.2, -0.15) is 0 Å². The zero-order valence-electron chi connectivity index (χ0n) is 8.50. The van der Waals surface area contributed by atoms with Gasteiger partial charge in [-0.25, -0.2) is 4.79 Å². The molecule has 1 heterocycles. The van der Waals surface area contributed by atoms with Crippen molar-refractivity contribution in [1.82, 2.24) is 10.2 Å². The Morgan fingerprint density at radius 2 is 2.15 bits per heavy atom. The average molecular weight is 186 g/mol. The molecule has 0 aromatic heterocycles. The predicted molar refractivity (Wildman–Crippen MR) is 50.9 cm³/mol. The standard InChI is InChI=1S/C9H18N2O2/c1-9(2,3)10-7-4-5-11(6-7)8(12)13/h7,10H,4-6H2,1-3H3,(H,12,13). The molecule has 1 aliphatic rings. The van der Waals surface area contributed by atoms with Gasteiger partial charge in [0.05, 0.1) is 0 Å². The van der Waals surface area contributed by atoms with Gasteiger partial charge in [0.15, 0.2) is 0 Å². The number of carboxylic acid groups (broad SMARTS) is 1. The summed E-state index contributed by atoms with van der Waals surface area (Å²) in [6, 6.07) is 0.316. The van der Waals surface area contributed by atoms with E-state index in [2.05, 4.69) is 26.1 Å². The van der Waals surface area contributed by atoms with Crippen LogP contribution in [0.1, 0.15) is 27.2 Å². The molecule has 0 aromatic carbocycles. The maximum atomic E-state index is 10.6. The molecular formula is C9H18N2O2. The first-order chi connectivity index (χ1) is 5.88. The number of hydrogen-bond donors (Lipinski definition) is 2. The summed E-state index contributed by atoms with van der Waals surface area (Å²) in [5.74, 6) is 0. The molecule has 4 nitrogen and oxygen atoms in total. The molecule has 1 rings (SSSR count). The highest BCUT2D eigenvalue weighted by atomic mass is 16.4. The minimum Gasteiger partial charge on any atom is -0.465 e. The van der Waals surface area contributed by atoms with E-state index in [0.29, 0.717) is 19.1 Å². The third-order valence-corrected chi connectivity index (χ3v) is 2.10. The Morgan fingerprint density at radius 3 is 2.54 bits per heavy atom. The Balaban J connectivity index is 2.38. The average Bonchev–Trinajstić information content (AvgIpc) is 2.31. The maximum Gasteiger partial charge on any atom is 0.407 e. The molecule has 0 radical (unpaired) electrons. The van der Waals surface area contributed by atoms with Gasteiger partial charge in [-0.3, -0.25) is 0 Å². The summed E-state index contributed by atoms with van der Waals surface area (Å²) in [6.07, 6.45) is 0.113. The molecular weight excluding hydrogens is 168 g/mol. The lowest BCUT2D eigenvalue weighted by Crippen LogP contribution is -2.45. The van der Waals surface area contributed by atoms with E-state index in [1.807, 2.05) is 0 Å². The van der Waals surface area contributed by atoms with Crippen molar-refractivity contribution in [2.24, 2.45) is 0 Å². The van der Waals surface area contributed by atoms with Crippen LogP contribution < -0.4 is 5.32 Å². The molecule has 1 aliphatic heterocycles. The molecule has 13 heavy (non-hydrogen) atoms. The van der Waals surface area contributed by atoms with Gasteiger partial charge < -0.3 is 15.3 Å². The van der Waals surface area contributed by atoms with Crippen molar-refractivity contribution >= 4 is 6.09 Å². The van der Waals surface area contributed by atoms with Gasteiger partial charge >= 0.3 is 6.09 Å². The van der Waals surface area contributed by atoms with Crippen molar-refractivity contribution in [1.29, 1.82) is 0 Å². The topological polar surface area (TPSA) is 52.6 Å². The van der Waals surface area contributed by atoms with Crippen molar-refractivity contribution in [3.05, 3.63) is 0 Å². The van der Waals surface area contributed by atoms with Crippen LogP contribution in [0.15, 0.2) is 0 Å². The van der Waals surface area contributed by atoms with Crippen molar-refractivity contribution in [3.8, 4) is 0 Å². The zero-order valence-corrected chi connectivity index (χ0v) is 8.50. The van der Waals surface area contributed by atoms with Crippen LogP contribution in [0.25, 0.3) is 0 Å². The number of likely N-dealkylation sites (tertiary alicyclic amines) is 1. The third kappa shape index (κ3) is 3.22. The molecule has 1 atom stereocenters. The fourth-order valence-corrected chi connectivity index (χ4v) is 1.66. The minimum absolute atomic E-state index is 0.0686. The van der Waals surface area contributed by atoms with E-state index in [1.165, 1.54) is 4.90 Å². The molecule has 76 valence electrons. The van der Waals surface area contributed by atoms with Crippen molar-refractivity contribution in [2.75, 3.05) is 13.1 Å². The lowest BCUT2D eigenvalue weighted by Gasteiger charge is -2.25. The van der Waals surface area contributed by atoms with E-state index in [-0.39, 0.29) is 5.54 Å². The normalized spacial score (nSPS) is 23.6. The van der Waals surface area contributed by atoms with E-state index in [0.717, 1.165) is 6.42 Å². The molecule has 0 bridgehead atoms. The monoisotopic (exact) mass is 186 g/mol. The zero-order chi connectivity index (χ0) is 10.1. The van der Waals surface area contributed by atoms with Crippen molar-refractivity contribution in [2.45, 2.75) is 38.8 Å². The highest BCUT2D eigenvalue weighted by Crippen LogP contribution is 2.12. The van der Waals surface area contributed by atoms with Gasteiger partial charge in [0.2, 0.25) is 0 Å². The molecule has 0 aromatic rings. The van der Waals surface area contributed by atoms with Gasteiger partial charge in [0.1, 0.15) is 0 Å². The Bertz CT molecular complexity index is 198. The second kappa shape index (κ2) is 3.54. The molecule has 4 heteroatoms. The number of rotatable bonds is 1. The summed E-state index contributed by atoms with van der Waals surface area (Å²) >= 11 is 0. The molecule has 1 amide bonds. The quantitative estimate of drug-likeness (QED) is 0.645. The van der Waals surface area contributed by atoms with E-state index >= 15 is 0 Å².